The van der Waals surface area contributed by atoms with E-state index in [1.54, 1.807) is 34.6 Å². The molecule has 1 fully saturated rings. The van der Waals surface area contributed by atoms with Gasteiger partial charge in [-0.05, 0) is 79.1 Å². The van der Waals surface area contributed by atoms with Crippen molar-refractivity contribution in [2.75, 3.05) is 18.5 Å². The zero-order valence-corrected chi connectivity index (χ0v) is 21.3. The molecule has 1 aliphatic rings. The summed E-state index contributed by atoms with van der Waals surface area (Å²) in [5, 5.41) is 14.6. The number of amides is 1. The van der Waals surface area contributed by atoms with Crippen LogP contribution in [0.1, 0.15) is 34.6 Å². The Labute approximate surface area is 207 Å². The Kier molecular flexibility index (Phi) is 6.44. The van der Waals surface area contributed by atoms with Crippen LogP contribution >= 0.6 is 15.9 Å². The van der Waals surface area contributed by atoms with Crippen LogP contribution < -0.4 is 11.1 Å². The molecule has 0 saturated carbocycles. The molecule has 188 valence electrons. The van der Waals surface area contributed by atoms with E-state index in [1.807, 2.05) is 0 Å². The number of hydrogen-bond acceptors (Lipinski definition) is 10. The molecule has 12 nitrogen and oxygen atoms in total. The second-order valence-electron chi connectivity index (χ2n) is 9.31. The SMILES string of the molecule is CC(C)(C)OC(=O)N1C(CNc2nonc2-c2noc(=O)n2-c2ccc(F)c(Br)c2)COC1(C)C. The topological polar surface area (TPSA) is 138 Å². The average Bonchev–Trinajstić information content (AvgIpc) is 3.43. The number of rotatable bonds is 5. The lowest BCUT2D eigenvalue weighted by molar-refractivity contribution is -0.0620. The van der Waals surface area contributed by atoms with Crippen LogP contribution in [0.2, 0.25) is 0 Å². The number of hydrogen-bond donors (Lipinski definition) is 1. The van der Waals surface area contributed by atoms with E-state index in [-0.39, 0.29) is 40.6 Å². The summed E-state index contributed by atoms with van der Waals surface area (Å²) in [5.74, 6) is -1.16. The van der Waals surface area contributed by atoms with Gasteiger partial charge in [0.15, 0.2) is 5.69 Å². The van der Waals surface area contributed by atoms with Gasteiger partial charge in [0.2, 0.25) is 11.6 Å². The van der Waals surface area contributed by atoms with Gasteiger partial charge in [-0.3, -0.25) is 9.42 Å². The van der Waals surface area contributed by atoms with Crippen molar-refractivity contribution in [2.24, 2.45) is 0 Å². The van der Waals surface area contributed by atoms with Crippen LogP contribution in [0.4, 0.5) is 15.0 Å². The molecule has 14 heteroatoms. The number of benzene rings is 1. The van der Waals surface area contributed by atoms with Gasteiger partial charge in [-0.15, -0.1) is 0 Å². The highest BCUT2D eigenvalue weighted by Gasteiger charge is 2.45. The third-order valence-corrected chi connectivity index (χ3v) is 5.74. The van der Waals surface area contributed by atoms with E-state index in [0.29, 0.717) is 0 Å². The lowest BCUT2D eigenvalue weighted by Gasteiger charge is -2.35. The van der Waals surface area contributed by atoms with Crippen molar-refractivity contribution in [3.05, 3.63) is 39.0 Å². The first-order valence-corrected chi connectivity index (χ1v) is 11.4. The van der Waals surface area contributed by atoms with Crippen LogP contribution in [0.15, 0.2) is 36.6 Å². The second-order valence-corrected chi connectivity index (χ2v) is 10.2. The number of ether oxygens (including phenoxy) is 2. The van der Waals surface area contributed by atoms with E-state index in [0.717, 1.165) is 4.57 Å². The Morgan fingerprint density at radius 2 is 2.06 bits per heavy atom. The molecule has 0 spiro atoms. The molecule has 3 aromatic rings. The highest BCUT2D eigenvalue weighted by Crippen LogP contribution is 2.31. The summed E-state index contributed by atoms with van der Waals surface area (Å²) in [6.07, 6.45) is -0.516. The summed E-state index contributed by atoms with van der Waals surface area (Å²) in [6, 6.07) is 3.57. The third kappa shape index (κ3) is 5.07. The van der Waals surface area contributed by atoms with Crippen LogP contribution in [-0.4, -0.2) is 61.5 Å². The maximum atomic E-state index is 13.7. The third-order valence-electron chi connectivity index (χ3n) is 5.14. The number of halogens is 2. The average molecular weight is 555 g/mol. The van der Waals surface area contributed by atoms with Crippen LogP contribution in [-0.2, 0) is 9.47 Å². The van der Waals surface area contributed by atoms with Gasteiger partial charge in [0, 0.05) is 6.54 Å². The van der Waals surface area contributed by atoms with Gasteiger partial charge in [0.25, 0.3) is 0 Å². The van der Waals surface area contributed by atoms with E-state index in [2.05, 4.69) is 36.7 Å². The van der Waals surface area contributed by atoms with Crippen molar-refractivity contribution in [2.45, 2.75) is 52.0 Å². The first-order chi connectivity index (χ1) is 16.4. The quantitative estimate of drug-likeness (QED) is 0.498. The summed E-state index contributed by atoms with van der Waals surface area (Å²) in [6.45, 7) is 9.35. The lowest BCUT2D eigenvalue weighted by Crippen LogP contribution is -2.51. The van der Waals surface area contributed by atoms with Crippen LogP contribution in [0.3, 0.4) is 0 Å². The summed E-state index contributed by atoms with van der Waals surface area (Å²) in [4.78, 5) is 26.7. The molecule has 2 aromatic heterocycles. The first kappa shape index (κ1) is 24.9. The van der Waals surface area contributed by atoms with Crippen molar-refractivity contribution >= 4 is 27.8 Å². The van der Waals surface area contributed by atoms with Gasteiger partial charge in [-0.2, -0.15) is 0 Å². The Hall–Kier alpha value is -3.26. The van der Waals surface area contributed by atoms with Crippen LogP contribution in [0, 0.1) is 5.82 Å². The maximum absolute atomic E-state index is 13.7. The summed E-state index contributed by atoms with van der Waals surface area (Å²) < 4.78 is 36.0. The van der Waals surface area contributed by atoms with Gasteiger partial charge in [-0.1, -0.05) is 5.16 Å². The molecule has 35 heavy (non-hydrogen) atoms. The maximum Gasteiger partial charge on any atom is 0.446 e. The fraction of sp³-hybridized carbons (Fsp3) is 0.476. The zero-order chi connectivity index (χ0) is 25.5. The molecule has 1 atom stereocenters. The van der Waals surface area contributed by atoms with Crippen molar-refractivity contribution in [3.63, 3.8) is 0 Å². The van der Waals surface area contributed by atoms with E-state index in [9.17, 15) is 14.0 Å². The molecular weight excluding hydrogens is 531 g/mol. The second kappa shape index (κ2) is 9.07. The molecule has 0 bridgehead atoms. The lowest BCUT2D eigenvalue weighted by atomic mass is 10.2. The largest absolute Gasteiger partial charge is 0.446 e. The van der Waals surface area contributed by atoms with E-state index in [4.69, 9.17) is 18.6 Å². The van der Waals surface area contributed by atoms with Crippen molar-refractivity contribution in [3.8, 4) is 17.2 Å². The fourth-order valence-electron chi connectivity index (χ4n) is 3.63. The number of carbonyl (C=O) groups excluding carboxylic acids is 1. The number of nitrogens with zero attached hydrogens (tertiary/aromatic N) is 5. The van der Waals surface area contributed by atoms with Crippen LogP contribution in [0.25, 0.3) is 17.2 Å². The first-order valence-electron chi connectivity index (χ1n) is 10.6. The van der Waals surface area contributed by atoms with Gasteiger partial charge in [0.05, 0.1) is 22.8 Å². The van der Waals surface area contributed by atoms with Gasteiger partial charge in [-0.25, -0.2) is 23.2 Å². The Morgan fingerprint density at radius 3 is 2.74 bits per heavy atom. The summed E-state index contributed by atoms with van der Waals surface area (Å²) in [5.41, 5.74) is -1.20. The molecule has 1 aliphatic heterocycles. The number of carbonyl (C=O) groups is 1. The minimum Gasteiger partial charge on any atom is -0.444 e. The van der Waals surface area contributed by atoms with Gasteiger partial charge < -0.3 is 14.8 Å². The number of nitrogens with one attached hydrogen (secondary N) is 1. The predicted octanol–water partition coefficient (Wildman–Crippen LogP) is 3.56. The summed E-state index contributed by atoms with van der Waals surface area (Å²) in [7, 11) is 0. The van der Waals surface area contributed by atoms with Gasteiger partial charge in [0.1, 0.15) is 17.1 Å². The molecule has 1 N–H and O–H groups in total. The van der Waals surface area contributed by atoms with E-state index < -0.39 is 35.0 Å². The predicted molar refractivity (Wildman–Crippen MR) is 123 cm³/mol. The molecule has 1 aromatic carbocycles. The molecule has 4 rings (SSSR count). The fourth-order valence-corrected chi connectivity index (χ4v) is 4.00. The minimum atomic E-state index is -0.887. The molecule has 0 aliphatic carbocycles. The Morgan fingerprint density at radius 1 is 1.31 bits per heavy atom. The summed E-state index contributed by atoms with van der Waals surface area (Å²) >= 11 is 3.10. The number of anilines is 1. The van der Waals surface area contributed by atoms with Crippen LogP contribution in [0.5, 0.6) is 0 Å². The minimum absolute atomic E-state index is 0.00995. The molecule has 1 saturated heterocycles. The highest BCUT2D eigenvalue weighted by molar-refractivity contribution is 9.10. The van der Waals surface area contributed by atoms with Crippen molar-refractivity contribution < 1.29 is 27.8 Å². The van der Waals surface area contributed by atoms with Crippen molar-refractivity contribution in [1.82, 2.24) is 24.9 Å². The van der Waals surface area contributed by atoms with E-state index in [1.165, 1.54) is 23.1 Å². The van der Waals surface area contributed by atoms with Crippen molar-refractivity contribution in [1.29, 1.82) is 0 Å². The van der Waals surface area contributed by atoms with Gasteiger partial charge >= 0.3 is 11.8 Å². The highest BCUT2D eigenvalue weighted by atomic mass is 79.9. The smallest absolute Gasteiger partial charge is 0.444 e. The molecule has 3 heterocycles. The normalized spacial score (nSPS) is 17.6. The molecule has 1 unspecified atom stereocenters. The Bertz CT molecular complexity index is 1300. The number of aromatic nitrogens is 4. The zero-order valence-electron chi connectivity index (χ0n) is 19.7. The monoisotopic (exact) mass is 554 g/mol. The molecule has 0 radical (unpaired) electrons. The molecular formula is C21H24BrFN6O6. The molecule has 1 amide bonds. The standard InChI is InChI=1S/C21H24BrFN6O6/c1-20(2,3)33-19(31)29-12(10-32-21(29,4)5)9-24-16-15(25-35-26-16)17-27-34-18(30)28(17)11-6-7-14(23)13(22)8-11/h6-8,12H,9-10H2,1-5H3,(H,24,26). The van der Waals surface area contributed by atoms with E-state index >= 15 is 0 Å². The Balaban J connectivity index is 1.58.